The molecule has 1 aromatic heterocycles. The number of hydrogen-bond acceptors (Lipinski definition) is 4. The molecule has 0 bridgehead atoms. The topological polar surface area (TPSA) is 77.5 Å². The molecule has 1 amide bonds. The van der Waals surface area contributed by atoms with Gasteiger partial charge >= 0.3 is 0 Å². The van der Waals surface area contributed by atoms with Crippen molar-refractivity contribution in [3.8, 4) is 0 Å². The zero-order valence-electron chi connectivity index (χ0n) is 11.3. The van der Waals surface area contributed by atoms with Gasteiger partial charge in [0.25, 0.3) is 0 Å². The maximum Gasteiger partial charge on any atom is 0.241 e. The van der Waals surface area contributed by atoms with Crippen LogP contribution in [0.2, 0.25) is 0 Å². The minimum atomic E-state index is -0.266. The molecule has 106 valence electrons. The SMILES string of the molecule is CC(C(=O)NN)c1ccc(COCc2ccco2)cc1. The third kappa shape index (κ3) is 3.69. The van der Waals surface area contributed by atoms with E-state index < -0.39 is 0 Å². The van der Waals surface area contributed by atoms with Gasteiger partial charge in [0.05, 0.1) is 18.8 Å². The van der Waals surface area contributed by atoms with E-state index in [2.05, 4.69) is 5.43 Å². The van der Waals surface area contributed by atoms with E-state index in [0.29, 0.717) is 13.2 Å². The van der Waals surface area contributed by atoms with Crippen molar-refractivity contribution < 1.29 is 13.9 Å². The van der Waals surface area contributed by atoms with Crippen LogP contribution >= 0.6 is 0 Å². The lowest BCUT2D eigenvalue weighted by Gasteiger charge is -2.10. The lowest BCUT2D eigenvalue weighted by Crippen LogP contribution is -2.33. The molecule has 3 N–H and O–H groups in total. The predicted octanol–water partition coefficient (Wildman–Crippen LogP) is 2.09. The summed E-state index contributed by atoms with van der Waals surface area (Å²) in [4.78, 5) is 11.4. The highest BCUT2D eigenvalue weighted by Gasteiger charge is 2.13. The second-order valence-corrected chi connectivity index (χ2v) is 4.54. The van der Waals surface area contributed by atoms with Crippen LogP contribution in [0.25, 0.3) is 0 Å². The van der Waals surface area contributed by atoms with Gasteiger partial charge in [-0.2, -0.15) is 0 Å². The first-order valence-corrected chi connectivity index (χ1v) is 6.40. The summed E-state index contributed by atoms with van der Waals surface area (Å²) in [7, 11) is 0. The number of benzene rings is 1. The van der Waals surface area contributed by atoms with E-state index in [1.54, 1.807) is 6.26 Å². The van der Waals surface area contributed by atoms with Crippen molar-refractivity contribution in [1.82, 2.24) is 5.43 Å². The molecule has 5 heteroatoms. The number of rotatable bonds is 6. The summed E-state index contributed by atoms with van der Waals surface area (Å²) >= 11 is 0. The smallest absolute Gasteiger partial charge is 0.241 e. The van der Waals surface area contributed by atoms with Gasteiger partial charge in [-0.3, -0.25) is 10.2 Å². The molecular formula is C15H18N2O3. The van der Waals surface area contributed by atoms with Crippen LogP contribution in [0.5, 0.6) is 0 Å². The Morgan fingerprint density at radius 2 is 2.05 bits per heavy atom. The molecule has 0 aliphatic heterocycles. The van der Waals surface area contributed by atoms with Gasteiger partial charge < -0.3 is 9.15 Å². The summed E-state index contributed by atoms with van der Waals surface area (Å²) < 4.78 is 10.7. The van der Waals surface area contributed by atoms with Crippen molar-refractivity contribution >= 4 is 5.91 Å². The van der Waals surface area contributed by atoms with E-state index >= 15 is 0 Å². The van der Waals surface area contributed by atoms with Crippen molar-refractivity contribution in [3.63, 3.8) is 0 Å². The molecule has 1 aromatic carbocycles. The van der Waals surface area contributed by atoms with Gasteiger partial charge in [-0.05, 0) is 30.2 Å². The molecule has 0 fully saturated rings. The third-order valence-corrected chi connectivity index (χ3v) is 3.11. The van der Waals surface area contributed by atoms with Crippen LogP contribution in [-0.2, 0) is 22.7 Å². The molecule has 1 heterocycles. The van der Waals surface area contributed by atoms with E-state index in [4.69, 9.17) is 15.0 Å². The molecular weight excluding hydrogens is 256 g/mol. The molecule has 0 saturated heterocycles. The highest BCUT2D eigenvalue weighted by Crippen LogP contribution is 2.16. The molecule has 0 spiro atoms. The second kappa shape index (κ2) is 6.88. The molecule has 0 radical (unpaired) electrons. The largest absolute Gasteiger partial charge is 0.467 e. The van der Waals surface area contributed by atoms with Crippen LogP contribution in [-0.4, -0.2) is 5.91 Å². The average molecular weight is 274 g/mol. The zero-order chi connectivity index (χ0) is 14.4. The number of carbonyl (C=O) groups excluding carboxylic acids is 1. The molecule has 0 aliphatic rings. The number of ether oxygens (including phenoxy) is 1. The molecule has 0 aliphatic carbocycles. The Bertz CT molecular complexity index is 535. The monoisotopic (exact) mass is 274 g/mol. The van der Waals surface area contributed by atoms with Crippen LogP contribution in [0.4, 0.5) is 0 Å². The Kier molecular flexibility index (Phi) is 4.92. The number of nitrogens with one attached hydrogen (secondary N) is 1. The molecule has 0 saturated carbocycles. The number of nitrogens with two attached hydrogens (primary N) is 1. The molecule has 1 unspecified atom stereocenters. The van der Waals surface area contributed by atoms with Crippen molar-refractivity contribution in [1.29, 1.82) is 0 Å². The minimum absolute atomic E-state index is 0.202. The van der Waals surface area contributed by atoms with Crippen molar-refractivity contribution in [2.24, 2.45) is 5.84 Å². The Hall–Kier alpha value is -2.11. The molecule has 2 aromatic rings. The highest BCUT2D eigenvalue weighted by molar-refractivity contribution is 5.82. The van der Waals surface area contributed by atoms with Gasteiger partial charge in [-0.25, -0.2) is 5.84 Å². The fraction of sp³-hybridized carbons (Fsp3) is 0.267. The number of hydrazine groups is 1. The van der Waals surface area contributed by atoms with Crippen LogP contribution in [0, 0.1) is 0 Å². The fourth-order valence-corrected chi connectivity index (χ4v) is 1.84. The number of carbonyl (C=O) groups is 1. The Morgan fingerprint density at radius 1 is 1.30 bits per heavy atom. The van der Waals surface area contributed by atoms with Gasteiger partial charge in [0.1, 0.15) is 12.4 Å². The van der Waals surface area contributed by atoms with E-state index in [0.717, 1.165) is 16.9 Å². The van der Waals surface area contributed by atoms with Gasteiger partial charge in [-0.1, -0.05) is 24.3 Å². The summed E-state index contributed by atoms with van der Waals surface area (Å²) in [6, 6.07) is 11.4. The van der Waals surface area contributed by atoms with Gasteiger partial charge in [0, 0.05) is 0 Å². The lowest BCUT2D eigenvalue weighted by atomic mass is 9.99. The van der Waals surface area contributed by atoms with Crippen molar-refractivity contribution in [2.45, 2.75) is 26.1 Å². The number of hydrogen-bond donors (Lipinski definition) is 2. The Balaban J connectivity index is 1.86. The minimum Gasteiger partial charge on any atom is -0.467 e. The van der Waals surface area contributed by atoms with Gasteiger partial charge in [0.15, 0.2) is 0 Å². The highest BCUT2D eigenvalue weighted by atomic mass is 16.5. The standard InChI is InChI=1S/C15H18N2O3/c1-11(15(18)17-16)13-6-4-12(5-7-13)9-19-10-14-3-2-8-20-14/h2-8,11H,9-10,16H2,1H3,(H,17,18). The Morgan fingerprint density at radius 3 is 2.65 bits per heavy atom. The molecule has 20 heavy (non-hydrogen) atoms. The van der Waals surface area contributed by atoms with Crippen LogP contribution < -0.4 is 11.3 Å². The van der Waals surface area contributed by atoms with Crippen LogP contribution in [0.15, 0.2) is 47.1 Å². The summed E-state index contributed by atoms with van der Waals surface area (Å²) in [5, 5.41) is 0. The first kappa shape index (κ1) is 14.3. The lowest BCUT2D eigenvalue weighted by molar-refractivity contribution is -0.122. The summed E-state index contributed by atoms with van der Waals surface area (Å²) in [5.41, 5.74) is 4.12. The van der Waals surface area contributed by atoms with Crippen molar-refractivity contribution in [2.75, 3.05) is 0 Å². The normalized spacial score (nSPS) is 12.1. The summed E-state index contributed by atoms with van der Waals surface area (Å²) in [6.45, 7) is 2.75. The maximum absolute atomic E-state index is 11.4. The third-order valence-electron chi connectivity index (χ3n) is 3.11. The van der Waals surface area contributed by atoms with Gasteiger partial charge in [-0.15, -0.1) is 0 Å². The van der Waals surface area contributed by atoms with E-state index in [-0.39, 0.29) is 11.8 Å². The predicted molar refractivity (Wildman–Crippen MR) is 74.4 cm³/mol. The summed E-state index contributed by atoms with van der Waals surface area (Å²) in [6.07, 6.45) is 1.62. The number of furan rings is 1. The Labute approximate surface area is 117 Å². The molecule has 1 atom stereocenters. The number of amides is 1. The van der Waals surface area contributed by atoms with E-state index in [9.17, 15) is 4.79 Å². The van der Waals surface area contributed by atoms with Gasteiger partial charge in [0.2, 0.25) is 5.91 Å². The van der Waals surface area contributed by atoms with Crippen molar-refractivity contribution in [3.05, 3.63) is 59.5 Å². The zero-order valence-corrected chi connectivity index (χ0v) is 11.3. The summed E-state index contributed by atoms with van der Waals surface area (Å²) in [5.74, 6) is 5.46. The second-order valence-electron chi connectivity index (χ2n) is 4.54. The average Bonchev–Trinajstić information content (AvgIpc) is 2.99. The first-order valence-electron chi connectivity index (χ1n) is 6.40. The fourth-order valence-electron chi connectivity index (χ4n) is 1.84. The van der Waals surface area contributed by atoms with E-state index in [1.165, 1.54) is 0 Å². The molecule has 5 nitrogen and oxygen atoms in total. The van der Waals surface area contributed by atoms with Crippen LogP contribution in [0.1, 0.15) is 29.7 Å². The quantitative estimate of drug-likeness (QED) is 0.480. The molecule has 2 rings (SSSR count). The maximum atomic E-state index is 11.4. The first-order chi connectivity index (χ1) is 9.70. The van der Waals surface area contributed by atoms with Crippen LogP contribution in [0.3, 0.4) is 0 Å². The van der Waals surface area contributed by atoms with E-state index in [1.807, 2.05) is 43.3 Å².